The van der Waals surface area contributed by atoms with E-state index in [0.717, 1.165) is 0 Å². The summed E-state index contributed by atoms with van der Waals surface area (Å²) in [7, 11) is -3.73. The average molecular weight is 362 g/mol. The van der Waals surface area contributed by atoms with E-state index in [0.29, 0.717) is 10.9 Å². The number of nitrogens with two attached hydrogens (primary N) is 2. The minimum absolute atomic E-state index is 0.0422. The molecule has 0 radical (unpaired) electrons. The zero-order chi connectivity index (χ0) is 15.1. The molecule has 1 unspecified atom stereocenters. The Morgan fingerprint density at radius 3 is 2.65 bits per heavy atom. The second kappa shape index (κ2) is 5.01. The third-order valence-corrected chi connectivity index (χ3v) is 6.02. The Bertz CT molecular complexity index is 662. The van der Waals surface area contributed by atoms with Crippen LogP contribution < -0.4 is 11.5 Å². The molecule has 4 N–H and O–H groups in total. The van der Waals surface area contributed by atoms with Crippen molar-refractivity contribution in [3.8, 4) is 0 Å². The highest BCUT2D eigenvalue weighted by Crippen LogP contribution is 2.35. The molecular weight excluding hydrogens is 346 g/mol. The van der Waals surface area contributed by atoms with Crippen LogP contribution in [0, 0.1) is 5.41 Å². The lowest BCUT2D eigenvalue weighted by molar-refractivity contribution is -0.126. The van der Waals surface area contributed by atoms with Crippen LogP contribution in [0.1, 0.15) is 13.3 Å². The molecule has 110 valence electrons. The summed E-state index contributed by atoms with van der Waals surface area (Å²) >= 11 is 3.23. The summed E-state index contributed by atoms with van der Waals surface area (Å²) in [6, 6.07) is 4.66. The predicted molar refractivity (Wildman–Crippen MR) is 79.2 cm³/mol. The van der Waals surface area contributed by atoms with Crippen LogP contribution in [0.4, 0.5) is 5.69 Å². The van der Waals surface area contributed by atoms with E-state index in [-0.39, 0.29) is 23.7 Å². The number of hydrogen-bond acceptors (Lipinski definition) is 4. The summed E-state index contributed by atoms with van der Waals surface area (Å²) < 4.78 is 27.1. The van der Waals surface area contributed by atoms with Crippen molar-refractivity contribution in [3.05, 3.63) is 22.7 Å². The van der Waals surface area contributed by atoms with Crippen LogP contribution in [0.25, 0.3) is 0 Å². The van der Waals surface area contributed by atoms with E-state index >= 15 is 0 Å². The molecule has 0 aromatic heterocycles. The molecule has 1 aromatic rings. The minimum Gasteiger partial charge on any atom is -0.398 e. The topological polar surface area (TPSA) is 106 Å². The van der Waals surface area contributed by atoms with E-state index in [2.05, 4.69) is 15.9 Å². The van der Waals surface area contributed by atoms with Gasteiger partial charge in [0, 0.05) is 17.6 Å². The molecule has 8 heteroatoms. The second-order valence-electron chi connectivity index (χ2n) is 5.20. The van der Waals surface area contributed by atoms with Crippen LogP contribution in [-0.2, 0) is 14.8 Å². The number of nitrogens with zero attached hydrogens (tertiary/aromatic N) is 1. The number of rotatable bonds is 3. The van der Waals surface area contributed by atoms with Crippen molar-refractivity contribution in [2.75, 3.05) is 18.8 Å². The summed E-state index contributed by atoms with van der Waals surface area (Å²) in [5.74, 6) is -0.489. The fraction of sp³-hybridized carbons (Fsp3) is 0.417. The van der Waals surface area contributed by atoms with Gasteiger partial charge in [-0.05, 0) is 31.5 Å². The van der Waals surface area contributed by atoms with Gasteiger partial charge in [0.15, 0.2) is 0 Å². The van der Waals surface area contributed by atoms with Crippen LogP contribution in [0.5, 0.6) is 0 Å². The van der Waals surface area contributed by atoms with Crippen molar-refractivity contribution >= 4 is 37.5 Å². The molecule has 1 heterocycles. The third kappa shape index (κ3) is 2.55. The number of primary amides is 1. The SMILES string of the molecule is CC1(C(N)=O)CCN(S(=O)(=O)c2cc(Br)ccc2N)C1. The summed E-state index contributed by atoms with van der Waals surface area (Å²) in [5.41, 5.74) is 10.4. The first-order valence-corrected chi connectivity index (χ1v) is 8.25. The third-order valence-electron chi connectivity index (χ3n) is 3.63. The Kier molecular flexibility index (Phi) is 3.83. The van der Waals surface area contributed by atoms with Gasteiger partial charge >= 0.3 is 0 Å². The van der Waals surface area contributed by atoms with E-state index in [1.165, 1.54) is 16.4 Å². The van der Waals surface area contributed by atoms with Gasteiger partial charge < -0.3 is 11.5 Å². The zero-order valence-electron chi connectivity index (χ0n) is 11.0. The Hall–Kier alpha value is -1.12. The molecule has 1 atom stereocenters. The molecule has 0 aliphatic carbocycles. The molecule has 1 aliphatic rings. The molecule has 0 spiro atoms. The summed E-state index contributed by atoms with van der Waals surface area (Å²) in [6.45, 7) is 2.01. The fourth-order valence-corrected chi connectivity index (χ4v) is 4.41. The number of sulfonamides is 1. The van der Waals surface area contributed by atoms with E-state index in [1.54, 1.807) is 13.0 Å². The molecule has 0 saturated carbocycles. The standard InChI is InChI=1S/C12H16BrN3O3S/c1-12(11(15)17)4-5-16(7-12)20(18,19)10-6-8(13)2-3-9(10)14/h2-3,6H,4-5,7,14H2,1H3,(H2,15,17). The Morgan fingerprint density at radius 1 is 1.45 bits per heavy atom. The van der Waals surface area contributed by atoms with Gasteiger partial charge in [-0.15, -0.1) is 0 Å². The maximum Gasteiger partial charge on any atom is 0.245 e. The first kappa shape index (κ1) is 15.3. The number of hydrogen-bond donors (Lipinski definition) is 2. The van der Waals surface area contributed by atoms with Gasteiger partial charge in [-0.2, -0.15) is 4.31 Å². The molecule has 20 heavy (non-hydrogen) atoms. The van der Waals surface area contributed by atoms with Crippen LogP contribution in [0.3, 0.4) is 0 Å². The molecule has 0 bridgehead atoms. The van der Waals surface area contributed by atoms with Crippen molar-refractivity contribution < 1.29 is 13.2 Å². The van der Waals surface area contributed by atoms with Gasteiger partial charge in [0.1, 0.15) is 4.90 Å². The Morgan fingerprint density at radius 2 is 2.10 bits per heavy atom. The van der Waals surface area contributed by atoms with Crippen LogP contribution >= 0.6 is 15.9 Å². The van der Waals surface area contributed by atoms with Gasteiger partial charge in [0.05, 0.1) is 11.1 Å². The maximum atomic E-state index is 12.6. The van der Waals surface area contributed by atoms with Gasteiger partial charge in [-0.3, -0.25) is 4.79 Å². The second-order valence-corrected chi connectivity index (χ2v) is 8.02. The van der Waals surface area contributed by atoms with Crippen molar-refractivity contribution in [2.45, 2.75) is 18.2 Å². The molecule has 1 fully saturated rings. The van der Waals surface area contributed by atoms with Crippen LogP contribution in [0.2, 0.25) is 0 Å². The lowest BCUT2D eigenvalue weighted by atomic mass is 9.89. The Balaban J connectivity index is 2.38. The number of amides is 1. The highest BCUT2D eigenvalue weighted by Gasteiger charge is 2.44. The smallest absolute Gasteiger partial charge is 0.245 e. The Labute approximate surface area is 126 Å². The molecule has 6 nitrogen and oxygen atoms in total. The molecule has 2 rings (SSSR count). The fourth-order valence-electron chi connectivity index (χ4n) is 2.20. The van der Waals surface area contributed by atoms with E-state index in [9.17, 15) is 13.2 Å². The monoisotopic (exact) mass is 361 g/mol. The van der Waals surface area contributed by atoms with Gasteiger partial charge in [-0.1, -0.05) is 15.9 Å². The first-order chi connectivity index (χ1) is 9.17. The molecule has 1 amide bonds. The van der Waals surface area contributed by atoms with Crippen molar-refractivity contribution in [3.63, 3.8) is 0 Å². The average Bonchev–Trinajstić information content (AvgIpc) is 2.77. The number of halogens is 1. The lowest BCUT2D eigenvalue weighted by Gasteiger charge is -2.21. The normalized spacial score (nSPS) is 23.9. The van der Waals surface area contributed by atoms with Crippen molar-refractivity contribution in [2.24, 2.45) is 11.1 Å². The van der Waals surface area contributed by atoms with Gasteiger partial charge in [-0.25, -0.2) is 8.42 Å². The highest BCUT2D eigenvalue weighted by atomic mass is 79.9. The van der Waals surface area contributed by atoms with Crippen LogP contribution in [0.15, 0.2) is 27.6 Å². The zero-order valence-corrected chi connectivity index (χ0v) is 13.4. The van der Waals surface area contributed by atoms with Gasteiger partial charge in [0.25, 0.3) is 0 Å². The molecular formula is C12H16BrN3O3S. The first-order valence-electron chi connectivity index (χ1n) is 6.02. The highest BCUT2D eigenvalue weighted by molar-refractivity contribution is 9.10. The van der Waals surface area contributed by atoms with Gasteiger partial charge in [0.2, 0.25) is 15.9 Å². The molecule has 1 aliphatic heterocycles. The van der Waals surface area contributed by atoms with E-state index < -0.39 is 21.3 Å². The predicted octanol–water partition coefficient (Wildman–Crippen LogP) is 0.917. The summed E-state index contributed by atoms with van der Waals surface area (Å²) in [5, 5.41) is 0. The van der Waals surface area contributed by atoms with Crippen molar-refractivity contribution in [1.29, 1.82) is 0 Å². The summed E-state index contributed by atoms with van der Waals surface area (Å²) in [4.78, 5) is 11.5. The number of nitrogen functional groups attached to an aromatic ring is 1. The number of benzene rings is 1. The van der Waals surface area contributed by atoms with E-state index in [1.807, 2.05) is 0 Å². The minimum atomic E-state index is -3.73. The number of anilines is 1. The molecule has 1 aromatic carbocycles. The van der Waals surface area contributed by atoms with E-state index in [4.69, 9.17) is 11.5 Å². The lowest BCUT2D eigenvalue weighted by Crippen LogP contribution is -2.38. The van der Waals surface area contributed by atoms with Crippen molar-refractivity contribution in [1.82, 2.24) is 4.31 Å². The quantitative estimate of drug-likeness (QED) is 0.780. The number of carbonyl (C=O) groups is 1. The summed E-state index contributed by atoms with van der Waals surface area (Å²) in [6.07, 6.45) is 0.412. The maximum absolute atomic E-state index is 12.6. The number of carbonyl (C=O) groups excluding carboxylic acids is 1. The van der Waals surface area contributed by atoms with Crippen LogP contribution in [-0.4, -0.2) is 31.7 Å². The largest absolute Gasteiger partial charge is 0.398 e. The molecule has 1 saturated heterocycles.